The second kappa shape index (κ2) is 8.46. The summed E-state index contributed by atoms with van der Waals surface area (Å²) in [6.45, 7) is 8.85. The van der Waals surface area contributed by atoms with Crippen molar-refractivity contribution in [2.24, 2.45) is 0 Å². The number of fused-ring (bicyclic) bond motifs is 1. The van der Waals surface area contributed by atoms with Crippen molar-refractivity contribution >= 4 is 5.91 Å². The first-order valence-corrected chi connectivity index (χ1v) is 8.50. The molecule has 134 valence electrons. The number of methoxy groups -OCH3 is 1. The van der Waals surface area contributed by atoms with Crippen LogP contribution in [0.15, 0.2) is 6.07 Å². The molecule has 3 N–H and O–H groups in total. The molecule has 24 heavy (non-hydrogen) atoms. The van der Waals surface area contributed by atoms with Gasteiger partial charge in [0.15, 0.2) is 0 Å². The van der Waals surface area contributed by atoms with Crippen molar-refractivity contribution in [2.75, 3.05) is 26.7 Å². The van der Waals surface area contributed by atoms with E-state index in [0.717, 1.165) is 38.2 Å². The maximum Gasteiger partial charge on any atom is 0.236 e. The summed E-state index contributed by atoms with van der Waals surface area (Å²) in [5, 5.41) is 11.5. The molecule has 0 bridgehead atoms. The summed E-state index contributed by atoms with van der Waals surface area (Å²) in [4.78, 5) is 14.0. The molecule has 0 radical (unpaired) electrons. The zero-order valence-electron chi connectivity index (χ0n) is 15.1. The molecule has 1 amide bonds. The van der Waals surface area contributed by atoms with Crippen LogP contribution in [-0.2, 0) is 17.8 Å². The normalized spacial score (nSPS) is 16.2. The van der Waals surface area contributed by atoms with Gasteiger partial charge in [-0.25, -0.2) is 0 Å². The molecule has 0 spiro atoms. The van der Waals surface area contributed by atoms with Gasteiger partial charge >= 0.3 is 0 Å². The molecule has 6 nitrogen and oxygen atoms in total. The van der Waals surface area contributed by atoms with Gasteiger partial charge < -0.3 is 15.3 Å². The lowest BCUT2D eigenvalue weighted by Gasteiger charge is -2.26. The third-order valence-electron chi connectivity index (χ3n) is 4.69. The van der Waals surface area contributed by atoms with Crippen molar-refractivity contribution < 1.29 is 14.7 Å². The average molecular weight is 335 g/mol. The van der Waals surface area contributed by atoms with Crippen LogP contribution in [0.3, 0.4) is 0 Å². The maximum absolute atomic E-state index is 11.6. The highest BCUT2D eigenvalue weighted by Crippen LogP contribution is 2.31. The second-order valence-corrected chi connectivity index (χ2v) is 6.62. The summed E-state index contributed by atoms with van der Waals surface area (Å²) in [6, 6.07) is 2.16. The maximum atomic E-state index is 11.6. The summed E-state index contributed by atoms with van der Waals surface area (Å²) >= 11 is 0. The van der Waals surface area contributed by atoms with Crippen LogP contribution in [0.1, 0.15) is 35.6 Å². The van der Waals surface area contributed by atoms with E-state index in [2.05, 4.69) is 30.1 Å². The molecule has 6 heteroatoms. The van der Waals surface area contributed by atoms with E-state index in [1.807, 2.05) is 12.4 Å². The number of carbonyl (C=O) groups excluding carboxylic acids is 1. The number of amides is 1. The zero-order valence-corrected chi connectivity index (χ0v) is 15.1. The SMILES string of the molecule is COc1cc(C)c2c(c1C)CN(C[C@H](C)NC(=O)CNO)CCC2. The van der Waals surface area contributed by atoms with Crippen molar-refractivity contribution in [3.63, 3.8) is 0 Å². The molecule has 0 aliphatic carbocycles. The number of aryl methyl sites for hydroxylation is 1. The van der Waals surface area contributed by atoms with Crippen molar-refractivity contribution in [1.29, 1.82) is 0 Å². The number of ether oxygens (including phenoxy) is 1. The number of nitrogens with one attached hydrogen (secondary N) is 2. The lowest BCUT2D eigenvalue weighted by atomic mass is 9.94. The molecule has 2 rings (SSSR count). The summed E-state index contributed by atoms with van der Waals surface area (Å²) in [5.41, 5.74) is 7.20. The molecule has 1 aromatic carbocycles. The molecule has 1 heterocycles. The molecule has 0 unspecified atom stereocenters. The first-order valence-electron chi connectivity index (χ1n) is 8.50. The van der Waals surface area contributed by atoms with Gasteiger partial charge in [-0.2, -0.15) is 5.48 Å². The average Bonchev–Trinajstić information content (AvgIpc) is 2.73. The number of hydroxylamine groups is 1. The monoisotopic (exact) mass is 335 g/mol. The minimum absolute atomic E-state index is 0.0272. The van der Waals surface area contributed by atoms with Crippen LogP contribution in [0.25, 0.3) is 0 Å². The zero-order chi connectivity index (χ0) is 17.7. The number of hydrogen-bond acceptors (Lipinski definition) is 5. The molecule has 1 atom stereocenters. The minimum Gasteiger partial charge on any atom is -0.496 e. The fourth-order valence-electron chi connectivity index (χ4n) is 3.55. The van der Waals surface area contributed by atoms with Gasteiger partial charge in [-0.15, -0.1) is 0 Å². The fraction of sp³-hybridized carbons (Fsp3) is 0.611. The van der Waals surface area contributed by atoms with Crippen LogP contribution >= 0.6 is 0 Å². The van der Waals surface area contributed by atoms with Gasteiger partial charge in [0.25, 0.3) is 0 Å². The molecule has 0 saturated carbocycles. The molecule has 1 aromatic rings. The number of nitrogens with zero attached hydrogens (tertiary/aromatic N) is 1. The first kappa shape index (κ1) is 18.7. The Morgan fingerprint density at radius 3 is 2.83 bits per heavy atom. The topological polar surface area (TPSA) is 73.8 Å². The van der Waals surface area contributed by atoms with Crippen molar-refractivity contribution in [1.82, 2.24) is 15.7 Å². The van der Waals surface area contributed by atoms with E-state index in [1.165, 1.54) is 22.3 Å². The Bertz CT molecular complexity index is 589. The third-order valence-corrected chi connectivity index (χ3v) is 4.69. The van der Waals surface area contributed by atoms with Gasteiger partial charge in [0.05, 0.1) is 13.7 Å². The number of benzene rings is 1. The van der Waals surface area contributed by atoms with Crippen LogP contribution in [0.2, 0.25) is 0 Å². The van der Waals surface area contributed by atoms with Crippen LogP contribution in [0.4, 0.5) is 0 Å². The van der Waals surface area contributed by atoms with Gasteiger partial charge in [-0.3, -0.25) is 9.69 Å². The highest BCUT2D eigenvalue weighted by atomic mass is 16.5. The van der Waals surface area contributed by atoms with E-state index in [9.17, 15) is 4.79 Å². The second-order valence-electron chi connectivity index (χ2n) is 6.62. The third kappa shape index (κ3) is 4.47. The standard InChI is InChI=1S/C18H29N3O3/c1-12-8-17(24-4)14(3)16-11-21(7-5-6-15(12)16)10-13(2)20-18(22)9-19-23/h8,13,19,23H,5-7,9-11H2,1-4H3,(H,20,22)/t13-/m0/s1. The predicted octanol–water partition coefficient (Wildman–Crippen LogP) is 1.54. The quantitative estimate of drug-likeness (QED) is 0.688. The molecule has 0 aromatic heterocycles. The van der Waals surface area contributed by atoms with Crippen LogP contribution in [0, 0.1) is 13.8 Å². The van der Waals surface area contributed by atoms with E-state index < -0.39 is 0 Å². The smallest absolute Gasteiger partial charge is 0.236 e. The molecule has 0 saturated heterocycles. The molecular weight excluding hydrogens is 306 g/mol. The van der Waals surface area contributed by atoms with E-state index in [1.54, 1.807) is 7.11 Å². The highest BCUT2D eigenvalue weighted by molar-refractivity contribution is 5.78. The van der Waals surface area contributed by atoms with Gasteiger partial charge in [0.1, 0.15) is 5.75 Å². The summed E-state index contributed by atoms with van der Waals surface area (Å²) in [7, 11) is 1.72. The molecular formula is C18H29N3O3. The fourth-order valence-corrected chi connectivity index (χ4v) is 3.55. The van der Waals surface area contributed by atoms with E-state index >= 15 is 0 Å². The van der Waals surface area contributed by atoms with Gasteiger partial charge in [0, 0.05) is 19.1 Å². The van der Waals surface area contributed by atoms with Gasteiger partial charge in [-0.1, -0.05) is 0 Å². The van der Waals surface area contributed by atoms with E-state index in [0.29, 0.717) is 0 Å². The molecule has 0 fully saturated rings. The summed E-state index contributed by atoms with van der Waals surface area (Å²) in [5.74, 6) is 0.748. The Hall–Kier alpha value is -1.63. The van der Waals surface area contributed by atoms with E-state index in [-0.39, 0.29) is 18.5 Å². The predicted molar refractivity (Wildman–Crippen MR) is 93.5 cm³/mol. The lowest BCUT2D eigenvalue weighted by Crippen LogP contribution is -2.44. The molecule has 1 aliphatic rings. The Balaban J connectivity index is 2.11. The lowest BCUT2D eigenvalue weighted by molar-refractivity contribution is -0.122. The first-order chi connectivity index (χ1) is 11.5. The number of carbonyl (C=O) groups is 1. The number of rotatable bonds is 6. The van der Waals surface area contributed by atoms with Crippen LogP contribution in [-0.4, -0.2) is 48.8 Å². The van der Waals surface area contributed by atoms with Gasteiger partial charge in [0.2, 0.25) is 5.91 Å². The Kier molecular flexibility index (Phi) is 6.60. The van der Waals surface area contributed by atoms with Crippen molar-refractivity contribution in [2.45, 2.75) is 46.2 Å². The van der Waals surface area contributed by atoms with Crippen LogP contribution < -0.4 is 15.5 Å². The van der Waals surface area contributed by atoms with Crippen LogP contribution in [0.5, 0.6) is 5.75 Å². The van der Waals surface area contributed by atoms with E-state index in [4.69, 9.17) is 9.94 Å². The summed E-state index contributed by atoms with van der Waals surface area (Å²) < 4.78 is 5.52. The van der Waals surface area contributed by atoms with Gasteiger partial charge in [-0.05, 0) is 68.5 Å². The molecule has 1 aliphatic heterocycles. The van der Waals surface area contributed by atoms with Crippen molar-refractivity contribution in [3.05, 3.63) is 28.3 Å². The largest absolute Gasteiger partial charge is 0.496 e. The van der Waals surface area contributed by atoms with Crippen molar-refractivity contribution in [3.8, 4) is 5.75 Å². The Labute approximate surface area is 144 Å². The highest BCUT2D eigenvalue weighted by Gasteiger charge is 2.21. The minimum atomic E-state index is -0.200. The Morgan fingerprint density at radius 1 is 1.42 bits per heavy atom. The Morgan fingerprint density at radius 2 is 2.17 bits per heavy atom. The number of hydrogen-bond donors (Lipinski definition) is 3. The summed E-state index contributed by atoms with van der Waals surface area (Å²) in [6.07, 6.45) is 2.19.